The molecule has 0 aliphatic carbocycles. The van der Waals surface area contributed by atoms with Gasteiger partial charge in [-0.3, -0.25) is 4.79 Å². The predicted octanol–water partition coefficient (Wildman–Crippen LogP) is 3.43. The molecule has 0 spiro atoms. The molecule has 25 heavy (non-hydrogen) atoms. The van der Waals surface area contributed by atoms with Crippen LogP contribution in [0.5, 0.6) is 0 Å². The van der Waals surface area contributed by atoms with E-state index in [-0.39, 0.29) is 12.2 Å². The SMILES string of the molecule is CC(C)(COC(=O)c1cccc(F)c1)NC(=O)c1cc(N)cc(Cl)c1. The van der Waals surface area contributed by atoms with E-state index in [1.165, 1.54) is 36.4 Å². The largest absolute Gasteiger partial charge is 0.460 e. The molecule has 1 amide bonds. The van der Waals surface area contributed by atoms with Crippen molar-refractivity contribution in [3.8, 4) is 0 Å². The van der Waals surface area contributed by atoms with Gasteiger partial charge in [-0.25, -0.2) is 9.18 Å². The standard InChI is InChI=1S/C18H18ClFN2O3/c1-18(2,10-25-17(24)11-4-3-5-14(20)7-11)22-16(23)12-6-13(19)9-15(21)8-12/h3-9H,10,21H2,1-2H3,(H,22,23). The second kappa shape index (κ2) is 7.53. The average molecular weight is 365 g/mol. The van der Waals surface area contributed by atoms with Gasteiger partial charge in [0.05, 0.1) is 11.1 Å². The highest BCUT2D eigenvalue weighted by atomic mass is 35.5. The highest BCUT2D eigenvalue weighted by Crippen LogP contribution is 2.17. The second-order valence-corrected chi connectivity index (χ2v) is 6.63. The van der Waals surface area contributed by atoms with Crippen molar-refractivity contribution in [3.63, 3.8) is 0 Å². The Morgan fingerprint density at radius 1 is 1.20 bits per heavy atom. The zero-order chi connectivity index (χ0) is 18.6. The lowest BCUT2D eigenvalue weighted by Gasteiger charge is -2.26. The van der Waals surface area contributed by atoms with Gasteiger partial charge in [0.2, 0.25) is 0 Å². The monoisotopic (exact) mass is 364 g/mol. The molecule has 0 atom stereocenters. The Kier molecular flexibility index (Phi) is 5.64. The number of nitrogens with two attached hydrogens (primary N) is 1. The number of carbonyl (C=O) groups excluding carboxylic acids is 2. The van der Waals surface area contributed by atoms with Crippen molar-refractivity contribution in [2.24, 2.45) is 0 Å². The summed E-state index contributed by atoms with van der Waals surface area (Å²) in [4.78, 5) is 24.3. The molecule has 0 radical (unpaired) electrons. The van der Waals surface area contributed by atoms with Crippen LogP contribution >= 0.6 is 11.6 Å². The van der Waals surface area contributed by atoms with Crippen LogP contribution in [0.15, 0.2) is 42.5 Å². The van der Waals surface area contributed by atoms with E-state index in [4.69, 9.17) is 22.1 Å². The molecule has 2 rings (SSSR count). The van der Waals surface area contributed by atoms with Gasteiger partial charge in [-0.1, -0.05) is 17.7 Å². The van der Waals surface area contributed by atoms with Crippen LogP contribution in [0, 0.1) is 5.82 Å². The fourth-order valence-electron chi connectivity index (χ4n) is 2.10. The van der Waals surface area contributed by atoms with Crippen LogP contribution in [0.3, 0.4) is 0 Å². The first-order valence-corrected chi connectivity index (χ1v) is 7.85. The molecule has 5 nitrogen and oxygen atoms in total. The number of hydrogen-bond donors (Lipinski definition) is 2. The van der Waals surface area contributed by atoms with E-state index in [0.717, 1.165) is 6.07 Å². The third-order valence-corrected chi connectivity index (χ3v) is 3.48. The van der Waals surface area contributed by atoms with Crippen molar-refractivity contribution in [2.45, 2.75) is 19.4 Å². The zero-order valence-corrected chi connectivity index (χ0v) is 14.6. The molecule has 2 aromatic carbocycles. The molecule has 2 aromatic rings. The van der Waals surface area contributed by atoms with E-state index in [0.29, 0.717) is 16.3 Å². The lowest BCUT2D eigenvalue weighted by atomic mass is 10.1. The number of esters is 1. The van der Waals surface area contributed by atoms with Gasteiger partial charge in [0, 0.05) is 16.3 Å². The second-order valence-electron chi connectivity index (χ2n) is 6.20. The molecule has 0 aliphatic heterocycles. The Morgan fingerprint density at radius 2 is 1.92 bits per heavy atom. The van der Waals surface area contributed by atoms with E-state index in [1.807, 2.05) is 0 Å². The number of benzene rings is 2. The summed E-state index contributed by atoms with van der Waals surface area (Å²) in [6.45, 7) is 3.29. The van der Waals surface area contributed by atoms with E-state index >= 15 is 0 Å². The number of nitrogens with one attached hydrogen (secondary N) is 1. The number of amides is 1. The van der Waals surface area contributed by atoms with Gasteiger partial charge in [-0.2, -0.15) is 0 Å². The van der Waals surface area contributed by atoms with Crippen LogP contribution < -0.4 is 11.1 Å². The van der Waals surface area contributed by atoms with Gasteiger partial charge >= 0.3 is 5.97 Å². The predicted molar refractivity (Wildman–Crippen MR) is 94.1 cm³/mol. The summed E-state index contributed by atoms with van der Waals surface area (Å²) in [7, 11) is 0. The van der Waals surface area contributed by atoms with Crippen molar-refractivity contribution >= 4 is 29.2 Å². The summed E-state index contributed by atoms with van der Waals surface area (Å²) in [5, 5.41) is 3.09. The molecule has 7 heteroatoms. The van der Waals surface area contributed by atoms with Crippen LogP contribution in [0.2, 0.25) is 5.02 Å². The van der Waals surface area contributed by atoms with Gasteiger partial charge in [0.1, 0.15) is 12.4 Å². The molecule has 0 heterocycles. The molecule has 0 unspecified atom stereocenters. The van der Waals surface area contributed by atoms with Crippen molar-refractivity contribution in [1.82, 2.24) is 5.32 Å². The van der Waals surface area contributed by atoms with Crippen LogP contribution in [0.4, 0.5) is 10.1 Å². The van der Waals surface area contributed by atoms with Gasteiger partial charge in [-0.05, 0) is 50.2 Å². The van der Waals surface area contributed by atoms with E-state index in [9.17, 15) is 14.0 Å². The van der Waals surface area contributed by atoms with Gasteiger partial charge in [0.15, 0.2) is 0 Å². The van der Waals surface area contributed by atoms with Gasteiger partial charge < -0.3 is 15.8 Å². The molecular weight excluding hydrogens is 347 g/mol. The van der Waals surface area contributed by atoms with Crippen molar-refractivity contribution in [1.29, 1.82) is 0 Å². The minimum Gasteiger partial charge on any atom is -0.460 e. The van der Waals surface area contributed by atoms with E-state index < -0.39 is 23.2 Å². The molecule has 0 aromatic heterocycles. The Labute approximate surface area is 149 Å². The highest BCUT2D eigenvalue weighted by Gasteiger charge is 2.24. The third-order valence-electron chi connectivity index (χ3n) is 3.26. The number of rotatable bonds is 5. The number of carbonyl (C=O) groups is 2. The Morgan fingerprint density at radius 3 is 2.56 bits per heavy atom. The maximum Gasteiger partial charge on any atom is 0.338 e. The van der Waals surface area contributed by atoms with Crippen molar-refractivity contribution < 1.29 is 18.7 Å². The van der Waals surface area contributed by atoms with Crippen LogP contribution in [0.25, 0.3) is 0 Å². The Hall–Kier alpha value is -2.60. The highest BCUT2D eigenvalue weighted by molar-refractivity contribution is 6.31. The molecule has 0 saturated carbocycles. The Balaban J connectivity index is 1.99. The summed E-state index contributed by atoms with van der Waals surface area (Å²) < 4.78 is 18.3. The quantitative estimate of drug-likeness (QED) is 0.629. The minimum atomic E-state index is -0.850. The Bertz CT molecular complexity index is 788. The molecule has 0 bridgehead atoms. The summed E-state index contributed by atoms with van der Waals surface area (Å²) in [6, 6.07) is 9.71. The van der Waals surface area contributed by atoms with Gasteiger partial charge in [0.25, 0.3) is 5.91 Å². The number of nitrogen functional groups attached to an aromatic ring is 1. The van der Waals surface area contributed by atoms with E-state index in [2.05, 4.69) is 5.32 Å². The summed E-state index contributed by atoms with van der Waals surface area (Å²) in [6.07, 6.45) is 0. The first-order valence-electron chi connectivity index (χ1n) is 7.47. The lowest BCUT2D eigenvalue weighted by Crippen LogP contribution is -2.47. The normalized spacial score (nSPS) is 11.0. The number of anilines is 1. The number of ether oxygens (including phenoxy) is 1. The first-order chi connectivity index (χ1) is 11.7. The summed E-state index contributed by atoms with van der Waals surface area (Å²) >= 11 is 5.89. The van der Waals surface area contributed by atoms with E-state index in [1.54, 1.807) is 13.8 Å². The molecule has 0 saturated heterocycles. The summed E-state index contributed by atoms with van der Waals surface area (Å²) in [5.74, 6) is -1.60. The average Bonchev–Trinajstić information content (AvgIpc) is 2.51. The maximum atomic E-state index is 13.1. The molecule has 3 N–H and O–H groups in total. The molecule has 132 valence electrons. The third kappa shape index (κ3) is 5.46. The number of halogens is 2. The smallest absolute Gasteiger partial charge is 0.338 e. The number of hydrogen-bond acceptors (Lipinski definition) is 4. The van der Waals surface area contributed by atoms with Crippen molar-refractivity contribution in [2.75, 3.05) is 12.3 Å². The minimum absolute atomic E-state index is 0.0931. The van der Waals surface area contributed by atoms with Gasteiger partial charge in [-0.15, -0.1) is 0 Å². The fourth-order valence-corrected chi connectivity index (χ4v) is 2.35. The van der Waals surface area contributed by atoms with Crippen LogP contribution in [-0.4, -0.2) is 24.0 Å². The summed E-state index contributed by atoms with van der Waals surface area (Å²) in [5.41, 5.74) is 5.59. The molecule has 0 fully saturated rings. The first kappa shape index (κ1) is 18.7. The molecular formula is C18H18ClFN2O3. The topological polar surface area (TPSA) is 81.4 Å². The van der Waals surface area contributed by atoms with Crippen LogP contribution in [-0.2, 0) is 4.74 Å². The molecule has 0 aliphatic rings. The zero-order valence-electron chi connectivity index (χ0n) is 13.8. The van der Waals surface area contributed by atoms with Crippen LogP contribution in [0.1, 0.15) is 34.6 Å². The lowest BCUT2D eigenvalue weighted by molar-refractivity contribution is 0.0389. The van der Waals surface area contributed by atoms with Crippen molar-refractivity contribution in [3.05, 3.63) is 64.4 Å². The maximum absolute atomic E-state index is 13.1. The fraction of sp³-hybridized carbons (Fsp3) is 0.222.